The van der Waals surface area contributed by atoms with Gasteiger partial charge in [-0.2, -0.15) is 0 Å². The Hall–Kier alpha value is -1.14. The Labute approximate surface area is 387 Å². The van der Waals surface area contributed by atoms with Gasteiger partial charge in [-0.1, -0.05) is 237 Å². The second kappa shape index (κ2) is 41.1. The zero-order chi connectivity index (χ0) is 45.3. The van der Waals surface area contributed by atoms with Crippen LogP contribution in [0.5, 0.6) is 0 Å². The van der Waals surface area contributed by atoms with Crippen molar-refractivity contribution in [2.75, 3.05) is 46.2 Å². The molecule has 9 nitrogen and oxygen atoms in total. The molecule has 63 heavy (non-hydrogen) atoms. The van der Waals surface area contributed by atoms with Crippen LogP contribution in [-0.2, 0) is 30.3 Å². The van der Waals surface area contributed by atoms with Crippen LogP contribution in [0.25, 0.3) is 0 Å². The zero-order valence-electron chi connectivity index (χ0n) is 40.9. The Morgan fingerprint density at radius 2 is 0.810 bits per heavy atom. The van der Waals surface area contributed by atoms with E-state index >= 15 is 0 Å². The van der Waals surface area contributed by atoms with Crippen molar-refractivity contribution < 1.29 is 44.1 Å². The maximum absolute atomic E-state index is 10.8. The molecule has 0 radical (unpaired) electrons. The van der Waals surface area contributed by atoms with Crippen molar-refractivity contribution in [3.8, 4) is 0 Å². The predicted molar refractivity (Wildman–Crippen MR) is 259 cm³/mol. The van der Waals surface area contributed by atoms with Crippen molar-refractivity contribution in [2.24, 2.45) is 5.41 Å². The summed E-state index contributed by atoms with van der Waals surface area (Å²) in [6.07, 6.45) is 35.5. The molecule has 1 fully saturated rings. The first-order valence-corrected chi connectivity index (χ1v) is 26.7. The summed E-state index contributed by atoms with van der Waals surface area (Å²) < 4.78 is 31.0. The molecule has 1 heterocycles. The largest absolute Gasteiger partial charge is 0.394 e. The lowest BCUT2D eigenvalue weighted by molar-refractivity contribution is -0.309. The number of rotatable bonds is 46. The molecule has 9 heteroatoms. The molecule has 0 spiro atoms. The van der Waals surface area contributed by atoms with Crippen LogP contribution in [0.2, 0.25) is 0 Å². The fraction of sp³-hybridized carbons (Fsp3) is 0.889. The fourth-order valence-corrected chi connectivity index (χ4v) is 8.76. The molecule has 1 aliphatic heterocycles. The van der Waals surface area contributed by atoms with Crippen molar-refractivity contribution in [3.63, 3.8) is 0 Å². The lowest BCUT2D eigenvalue weighted by Gasteiger charge is -2.41. The number of hydrogen-bond donors (Lipinski definition) is 4. The lowest BCUT2D eigenvalue weighted by Crippen LogP contribution is -2.59. The normalized spacial score (nSPS) is 19.3. The van der Waals surface area contributed by atoms with Gasteiger partial charge in [0.2, 0.25) is 0 Å². The summed E-state index contributed by atoms with van der Waals surface area (Å²) in [5.41, 5.74) is 0.335. The molecule has 4 N–H and O–H groups in total. The van der Waals surface area contributed by atoms with E-state index in [1.165, 1.54) is 180 Å². The molecule has 1 aromatic rings. The Morgan fingerprint density at radius 1 is 0.444 bits per heavy atom. The topological polar surface area (TPSA) is 127 Å². The third-order valence-corrected chi connectivity index (χ3v) is 13.0. The molecule has 370 valence electrons. The summed E-state index contributed by atoms with van der Waals surface area (Å²) in [6, 6.07) is 10.1. The third-order valence-electron chi connectivity index (χ3n) is 13.0. The van der Waals surface area contributed by atoms with Crippen LogP contribution in [0.4, 0.5) is 0 Å². The van der Waals surface area contributed by atoms with E-state index in [0.717, 1.165) is 31.2 Å². The Balaban J connectivity index is 1.80. The van der Waals surface area contributed by atoms with E-state index < -0.39 is 42.7 Å². The number of hydrogen-bond acceptors (Lipinski definition) is 9. The molecule has 1 aliphatic rings. The van der Waals surface area contributed by atoms with E-state index in [9.17, 15) is 20.4 Å². The minimum atomic E-state index is -1.51. The highest BCUT2D eigenvalue weighted by molar-refractivity contribution is 5.13. The molecule has 2 rings (SSSR count). The number of unbranched alkanes of at least 4 members (excludes halogenated alkanes) is 30. The summed E-state index contributed by atoms with van der Waals surface area (Å²) in [6.45, 7) is 6.73. The molecule has 0 amide bonds. The lowest BCUT2D eigenvalue weighted by atomic mass is 9.91. The monoisotopic (exact) mass is 893 g/mol. The average molecular weight is 893 g/mol. The number of benzene rings is 1. The quantitative estimate of drug-likeness (QED) is 0.0473. The smallest absolute Gasteiger partial charge is 0.186 e. The maximum Gasteiger partial charge on any atom is 0.186 e. The van der Waals surface area contributed by atoms with E-state index in [-0.39, 0.29) is 13.2 Å². The van der Waals surface area contributed by atoms with Gasteiger partial charge >= 0.3 is 0 Å². The molecule has 0 bridgehead atoms. The van der Waals surface area contributed by atoms with Gasteiger partial charge in [0, 0.05) is 13.2 Å². The second-order valence-electron chi connectivity index (χ2n) is 19.2. The van der Waals surface area contributed by atoms with Crippen molar-refractivity contribution in [1.29, 1.82) is 0 Å². The highest BCUT2D eigenvalue weighted by Crippen LogP contribution is 2.28. The maximum atomic E-state index is 10.8. The van der Waals surface area contributed by atoms with Gasteiger partial charge in [-0.15, -0.1) is 0 Å². The zero-order valence-corrected chi connectivity index (χ0v) is 40.9. The molecule has 0 aromatic heterocycles. The average Bonchev–Trinajstić information content (AvgIpc) is 3.30. The standard InChI is InChI=1S/C54H100O9/c1-3-5-7-9-11-13-15-17-19-21-23-25-27-29-31-36-40-59-44-54(46-61-43-48-38-34-33-35-39-48,47-62-53-52(58)51(57)50(56)49(42-55)63-53)45-60-41-37-32-30-28-26-24-22-20-18-16-14-12-10-8-6-4-2/h33-35,38-39,49-53,55-58H,3-32,36-37,40-47H2,1-2H3/t49-,50+,51+,52-,53+/m1/s1. The Bertz CT molecular complexity index is 1050. The summed E-state index contributed by atoms with van der Waals surface area (Å²) in [5.74, 6) is 0. The van der Waals surface area contributed by atoms with Crippen molar-refractivity contribution in [2.45, 2.75) is 257 Å². The summed E-state index contributed by atoms with van der Waals surface area (Å²) in [4.78, 5) is 0. The van der Waals surface area contributed by atoms with Gasteiger partial charge in [0.25, 0.3) is 0 Å². The van der Waals surface area contributed by atoms with Crippen molar-refractivity contribution in [1.82, 2.24) is 0 Å². The van der Waals surface area contributed by atoms with E-state index in [2.05, 4.69) is 13.8 Å². The summed E-state index contributed by atoms with van der Waals surface area (Å²) in [5, 5.41) is 41.4. The van der Waals surface area contributed by atoms with Gasteiger partial charge in [-0.05, 0) is 18.4 Å². The van der Waals surface area contributed by atoms with Gasteiger partial charge < -0.3 is 44.1 Å². The highest BCUT2D eigenvalue weighted by atomic mass is 16.7. The molecule has 0 saturated carbocycles. The van der Waals surface area contributed by atoms with Gasteiger partial charge in [-0.3, -0.25) is 0 Å². The molecule has 5 atom stereocenters. The second-order valence-corrected chi connectivity index (χ2v) is 19.2. The van der Waals surface area contributed by atoms with Crippen molar-refractivity contribution >= 4 is 0 Å². The minimum absolute atomic E-state index is 0.0718. The SMILES string of the molecule is CCCCCCCCCCCCCCCCCCOCC(COCCCCCCCCCCCCCCCCCC)(COCc1ccccc1)CO[C@H]1O[C@H](CO)[C@H](O)[C@H](O)[C@H]1O. The highest BCUT2D eigenvalue weighted by Gasteiger charge is 2.45. The predicted octanol–water partition coefficient (Wildman–Crippen LogP) is 12.6. The van der Waals surface area contributed by atoms with Crippen molar-refractivity contribution in [3.05, 3.63) is 35.9 Å². The van der Waals surface area contributed by atoms with Gasteiger partial charge in [-0.25, -0.2) is 0 Å². The van der Waals surface area contributed by atoms with Crippen LogP contribution in [0.15, 0.2) is 30.3 Å². The van der Waals surface area contributed by atoms with Crippen LogP contribution in [0.1, 0.15) is 225 Å². The molecule has 0 unspecified atom stereocenters. The van der Waals surface area contributed by atoms with Crippen LogP contribution < -0.4 is 0 Å². The van der Waals surface area contributed by atoms with Crippen LogP contribution >= 0.6 is 0 Å². The van der Waals surface area contributed by atoms with Gasteiger partial charge in [0.1, 0.15) is 24.4 Å². The molecular formula is C54H100O9. The van der Waals surface area contributed by atoms with E-state index in [1.54, 1.807) is 0 Å². The molecule has 1 saturated heterocycles. The number of ether oxygens (including phenoxy) is 5. The summed E-state index contributed by atoms with van der Waals surface area (Å²) in [7, 11) is 0. The molecule has 0 aliphatic carbocycles. The van der Waals surface area contributed by atoms with Crippen LogP contribution in [0, 0.1) is 5.41 Å². The van der Waals surface area contributed by atoms with Crippen LogP contribution in [-0.4, -0.2) is 97.4 Å². The van der Waals surface area contributed by atoms with E-state index in [1.807, 2.05) is 30.3 Å². The third kappa shape index (κ3) is 30.0. The molecule has 1 aromatic carbocycles. The Kier molecular flexibility index (Phi) is 37.8. The number of aliphatic hydroxyl groups excluding tert-OH is 4. The van der Waals surface area contributed by atoms with Crippen LogP contribution in [0.3, 0.4) is 0 Å². The first-order chi connectivity index (χ1) is 31.0. The van der Waals surface area contributed by atoms with Gasteiger partial charge in [0.05, 0.1) is 45.1 Å². The first-order valence-electron chi connectivity index (χ1n) is 26.7. The summed E-state index contributed by atoms with van der Waals surface area (Å²) >= 11 is 0. The minimum Gasteiger partial charge on any atom is -0.394 e. The van der Waals surface area contributed by atoms with Gasteiger partial charge in [0.15, 0.2) is 6.29 Å². The first kappa shape index (κ1) is 58.0. The van der Waals surface area contributed by atoms with E-state index in [4.69, 9.17) is 23.7 Å². The Morgan fingerprint density at radius 3 is 1.19 bits per heavy atom. The number of aliphatic hydroxyl groups is 4. The fourth-order valence-electron chi connectivity index (χ4n) is 8.76. The molecular weight excluding hydrogens is 793 g/mol. The van der Waals surface area contributed by atoms with E-state index in [0.29, 0.717) is 33.0 Å².